The zero-order valence-corrected chi connectivity index (χ0v) is 19.6. The van der Waals surface area contributed by atoms with E-state index in [1.165, 1.54) is 50.3 Å². The molecule has 0 radical (unpaired) electrons. The molecule has 1 heterocycles. The number of carbonyl (C=O) groups is 1. The molecule has 29 heavy (non-hydrogen) atoms. The molecule has 3 aliphatic rings. The Balaban J connectivity index is 1.68. The average molecular weight is 424 g/mol. The summed E-state index contributed by atoms with van der Waals surface area (Å²) in [5.41, 5.74) is -0.0251. The number of guanidine groups is 1. The highest BCUT2D eigenvalue weighted by Crippen LogP contribution is 2.39. The number of hydrogen-bond acceptors (Lipinski definition) is 4. The van der Waals surface area contributed by atoms with Gasteiger partial charge in [-0.3, -0.25) is 14.7 Å². The molecular weight excluding hydrogens is 382 g/mol. The van der Waals surface area contributed by atoms with E-state index in [-0.39, 0.29) is 16.9 Å². The second-order valence-corrected chi connectivity index (χ2v) is 10.5. The van der Waals surface area contributed by atoms with Gasteiger partial charge in [-0.1, -0.05) is 25.7 Å². The smallest absolute Gasteiger partial charge is 0.230 e. The third-order valence-electron chi connectivity index (χ3n) is 7.11. The quantitative estimate of drug-likeness (QED) is 0.487. The number of aliphatic imine (C=N–C) groups is 1. The van der Waals surface area contributed by atoms with E-state index >= 15 is 0 Å². The van der Waals surface area contributed by atoms with Gasteiger partial charge in [0.05, 0.1) is 12.0 Å². The van der Waals surface area contributed by atoms with E-state index in [4.69, 9.17) is 4.99 Å². The van der Waals surface area contributed by atoms with Crippen molar-refractivity contribution in [2.45, 2.75) is 63.8 Å². The Morgan fingerprint density at radius 2 is 1.66 bits per heavy atom. The molecule has 0 aromatic heterocycles. The largest absolute Gasteiger partial charge is 0.357 e. The van der Waals surface area contributed by atoms with Crippen molar-refractivity contribution in [2.75, 3.05) is 58.3 Å². The summed E-state index contributed by atoms with van der Waals surface area (Å²) in [7, 11) is 3.75. The summed E-state index contributed by atoms with van der Waals surface area (Å²) in [5, 5.41) is 6.98. The summed E-state index contributed by atoms with van der Waals surface area (Å²) in [6.45, 7) is 6.90. The Hall–Kier alpha value is -0.950. The molecule has 2 aliphatic carbocycles. The van der Waals surface area contributed by atoms with Crippen LogP contribution in [0.1, 0.15) is 58.3 Å². The lowest BCUT2D eigenvalue weighted by molar-refractivity contribution is -0.138. The molecule has 0 bridgehead atoms. The summed E-state index contributed by atoms with van der Waals surface area (Å²) in [6.07, 6.45) is 9.42. The Morgan fingerprint density at radius 1 is 1.03 bits per heavy atom. The molecule has 6 nitrogen and oxygen atoms in total. The van der Waals surface area contributed by atoms with Crippen LogP contribution >= 0.6 is 11.8 Å². The Kier molecular flexibility index (Phi) is 8.14. The van der Waals surface area contributed by atoms with Gasteiger partial charge in [0, 0.05) is 57.3 Å². The van der Waals surface area contributed by atoms with Crippen molar-refractivity contribution in [1.29, 1.82) is 0 Å². The third-order valence-corrected chi connectivity index (χ3v) is 8.05. The van der Waals surface area contributed by atoms with E-state index in [0.717, 1.165) is 44.7 Å². The van der Waals surface area contributed by atoms with Crippen LogP contribution in [0.4, 0.5) is 0 Å². The summed E-state index contributed by atoms with van der Waals surface area (Å²) in [5.74, 6) is 3.64. The van der Waals surface area contributed by atoms with Gasteiger partial charge in [0.25, 0.3) is 0 Å². The van der Waals surface area contributed by atoms with Gasteiger partial charge in [-0.25, -0.2) is 0 Å². The molecule has 1 amide bonds. The van der Waals surface area contributed by atoms with Gasteiger partial charge in [0.2, 0.25) is 5.91 Å². The molecule has 2 saturated carbocycles. The van der Waals surface area contributed by atoms with Crippen LogP contribution in [0.2, 0.25) is 0 Å². The molecule has 3 fully saturated rings. The number of carbonyl (C=O) groups excluding carboxylic acids is 1. The van der Waals surface area contributed by atoms with Gasteiger partial charge in [-0.05, 0) is 32.6 Å². The molecule has 0 aromatic rings. The second kappa shape index (κ2) is 10.4. The van der Waals surface area contributed by atoms with Crippen molar-refractivity contribution in [3.05, 3.63) is 0 Å². The minimum Gasteiger partial charge on any atom is -0.357 e. The molecule has 1 saturated heterocycles. The molecule has 0 spiro atoms. The van der Waals surface area contributed by atoms with Crippen LogP contribution < -0.4 is 10.6 Å². The van der Waals surface area contributed by atoms with Crippen molar-refractivity contribution < 1.29 is 4.79 Å². The summed E-state index contributed by atoms with van der Waals surface area (Å²) in [4.78, 5) is 22.4. The normalized spacial score (nSPS) is 24.4. The number of nitrogens with one attached hydrogen (secondary N) is 2. The molecule has 0 aromatic carbocycles. The maximum atomic E-state index is 12.9. The van der Waals surface area contributed by atoms with Gasteiger partial charge in [-0.2, -0.15) is 11.8 Å². The molecule has 166 valence electrons. The van der Waals surface area contributed by atoms with E-state index < -0.39 is 0 Å². The first kappa shape index (κ1) is 22.7. The lowest BCUT2D eigenvalue weighted by atomic mass is 9.84. The highest BCUT2D eigenvalue weighted by molar-refractivity contribution is 7.99. The minimum atomic E-state index is -0.269. The van der Waals surface area contributed by atoms with Crippen LogP contribution in [-0.4, -0.2) is 85.5 Å². The molecule has 1 aliphatic heterocycles. The summed E-state index contributed by atoms with van der Waals surface area (Å²) in [6, 6.07) is 0. The molecule has 7 heteroatoms. The van der Waals surface area contributed by atoms with Gasteiger partial charge >= 0.3 is 0 Å². The van der Waals surface area contributed by atoms with Crippen LogP contribution in [0.25, 0.3) is 0 Å². The topological polar surface area (TPSA) is 60.0 Å². The van der Waals surface area contributed by atoms with E-state index in [1.807, 2.05) is 14.1 Å². The lowest BCUT2D eigenvalue weighted by Gasteiger charge is -2.42. The van der Waals surface area contributed by atoms with Crippen molar-refractivity contribution in [3.63, 3.8) is 0 Å². The monoisotopic (exact) mass is 423 g/mol. The van der Waals surface area contributed by atoms with Crippen LogP contribution in [0.5, 0.6) is 0 Å². The number of nitrogens with zero attached hydrogens (tertiary/aromatic N) is 3. The number of hydrogen-bond donors (Lipinski definition) is 2. The van der Waals surface area contributed by atoms with E-state index in [9.17, 15) is 4.79 Å². The van der Waals surface area contributed by atoms with Crippen LogP contribution in [0, 0.1) is 5.41 Å². The molecule has 3 rings (SSSR count). The first-order valence-corrected chi connectivity index (χ1v) is 12.7. The zero-order chi connectivity index (χ0) is 20.7. The number of amides is 1. The van der Waals surface area contributed by atoms with E-state index in [2.05, 4.69) is 34.2 Å². The molecule has 0 atom stereocenters. The summed E-state index contributed by atoms with van der Waals surface area (Å²) >= 11 is 2.08. The van der Waals surface area contributed by atoms with Crippen molar-refractivity contribution >= 4 is 23.6 Å². The summed E-state index contributed by atoms with van der Waals surface area (Å²) < 4.78 is 0. The van der Waals surface area contributed by atoms with E-state index in [0.29, 0.717) is 6.54 Å². The standard InChI is InChI=1S/C22H41N5OS/c1-4-23-20(24-17-21(9-5-6-10-21)19(28)26(2)3)25-18-22(11-7-8-12-22)27-13-15-29-16-14-27/h4-18H2,1-3H3,(H2,23,24,25). The highest BCUT2D eigenvalue weighted by Gasteiger charge is 2.42. The Labute approximate surface area is 181 Å². The third kappa shape index (κ3) is 5.40. The highest BCUT2D eigenvalue weighted by atomic mass is 32.2. The molecular formula is C22H41N5OS. The molecule has 2 N–H and O–H groups in total. The Bertz CT molecular complexity index is 562. The SMILES string of the molecule is CCNC(=NCC1(N2CCSCC2)CCCC1)NCC1(C(=O)N(C)C)CCCC1. The predicted octanol–water partition coefficient (Wildman–Crippen LogP) is 2.55. The van der Waals surface area contributed by atoms with Crippen molar-refractivity contribution in [2.24, 2.45) is 10.4 Å². The van der Waals surface area contributed by atoms with Gasteiger partial charge in [0.1, 0.15) is 0 Å². The predicted molar refractivity (Wildman–Crippen MR) is 124 cm³/mol. The zero-order valence-electron chi connectivity index (χ0n) is 18.8. The Morgan fingerprint density at radius 3 is 2.24 bits per heavy atom. The van der Waals surface area contributed by atoms with Gasteiger partial charge in [0.15, 0.2) is 5.96 Å². The van der Waals surface area contributed by atoms with Crippen LogP contribution in [-0.2, 0) is 4.79 Å². The van der Waals surface area contributed by atoms with Crippen molar-refractivity contribution in [3.8, 4) is 0 Å². The average Bonchev–Trinajstić information content (AvgIpc) is 3.41. The maximum absolute atomic E-state index is 12.9. The number of rotatable bonds is 7. The number of thioether (sulfide) groups is 1. The fraction of sp³-hybridized carbons (Fsp3) is 0.909. The molecule has 0 unspecified atom stereocenters. The van der Waals surface area contributed by atoms with Crippen molar-refractivity contribution in [1.82, 2.24) is 20.4 Å². The fourth-order valence-corrected chi connectivity index (χ4v) is 6.36. The first-order valence-electron chi connectivity index (χ1n) is 11.6. The lowest BCUT2D eigenvalue weighted by Crippen LogP contribution is -2.53. The van der Waals surface area contributed by atoms with Crippen LogP contribution in [0.3, 0.4) is 0 Å². The van der Waals surface area contributed by atoms with Gasteiger partial charge < -0.3 is 15.5 Å². The van der Waals surface area contributed by atoms with Crippen LogP contribution in [0.15, 0.2) is 4.99 Å². The second-order valence-electron chi connectivity index (χ2n) is 9.27. The first-order chi connectivity index (χ1) is 14.0. The van der Waals surface area contributed by atoms with E-state index in [1.54, 1.807) is 4.90 Å². The minimum absolute atomic E-state index is 0.244. The van der Waals surface area contributed by atoms with Gasteiger partial charge in [-0.15, -0.1) is 0 Å². The maximum Gasteiger partial charge on any atom is 0.230 e. The fourth-order valence-electron chi connectivity index (χ4n) is 5.46.